The highest BCUT2D eigenvalue weighted by Gasteiger charge is 2.38. The maximum Gasteiger partial charge on any atom is 0.408 e. The zero-order valence-electron chi connectivity index (χ0n) is 20.0. The van der Waals surface area contributed by atoms with Crippen molar-refractivity contribution in [1.29, 1.82) is 0 Å². The van der Waals surface area contributed by atoms with Crippen LogP contribution in [0.3, 0.4) is 0 Å². The summed E-state index contributed by atoms with van der Waals surface area (Å²) in [6.45, 7) is 0.454. The maximum absolute atomic E-state index is 13.3. The first-order valence-electron chi connectivity index (χ1n) is 12.1. The molecule has 2 N–H and O–H groups in total. The Bertz CT molecular complexity index is 1130. The molecule has 2 amide bonds. The Hall–Kier alpha value is -3.97. The lowest BCUT2D eigenvalue weighted by Gasteiger charge is -2.23. The lowest BCUT2D eigenvalue weighted by atomic mass is 9.99. The second-order valence-corrected chi connectivity index (χ2v) is 8.76. The SMILES string of the molecule is O=C(NC(CCc1ccccc1)C(=O)NC(Cc1ccccc1)C(=O)[C@H]1CO1)OCc1ccccc1. The summed E-state index contributed by atoms with van der Waals surface area (Å²) in [6.07, 6.45) is 0.0764. The highest BCUT2D eigenvalue weighted by atomic mass is 16.6. The molecule has 1 aliphatic heterocycles. The van der Waals surface area contributed by atoms with E-state index in [1.165, 1.54) is 0 Å². The van der Waals surface area contributed by atoms with Crippen LogP contribution in [0.5, 0.6) is 0 Å². The number of benzene rings is 3. The van der Waals surface area contributed by atoms with Gasteiger partial charge in [-0.2, -0.15) is 0 Å². The summed E-state index contributed by atoms with van der Waals surface area (Å²) in [6, 6.07) is 26.9. The van der Waals surface area contributed by atoms with Crippen LogP contribution in [-0.4, -0.2) is 42.6 Å². The lowest BCUT2D eigenvalue weighted by Crippen LogP contribution is -2.53. The molecular formula is C29H30N2O5. The molecule has 1 fully saturated rings. The van der Waals surface area contributed by atoms with Crippen molar-refractivity contribution in [2.75, 3.05) is 6.61 Å². The first-order valence-corrected chi connectivity index (χ1v) is 12.1. The van der Waals surface area contributed by atoms with Gasteiger partial charge in [0.2, 0.25) is 5.91 Å². The Balaban J connectivity index is 1.43. The maximum atomic E-state index is 13.3. The smallest absolute Gasteiger partial charge is 0.408 e. The van der Waals surface area contributed by atoms with Gasteiger partial charge in [-0.25, -0.2) is 4.79 Å². The number of rotatable bonds is 12. The molecule has 2 unspecified atom stereocenters. The highest BCUT2D eigenvalue weighted by Crippen LogP contribution is 2.16. The van der Waals surface area contributed by atoms with Crippen molar-refractivity contribution in [3.8, 4) is 0 Å². The average Bonchev–Trinajstić information content (AvgIpc) is 3.76. The van der Waals surface area contributed by atoms with E-state index in [1.54, 1.807) is 0 Å². The molecule has 3 aromatic rings. The molecule has 1 aliphatic rings. The molecule has 186 valence electrons. The molecule has 0 aliphatic carbocycles. The number of ketones is 1. The molecule has 36 heavy (non-hydrogen) atoms. The number of alkyl carbamates (subject to hydrolysis) is 1. The van der Waals surface area contributed by atoms with Gasteiger partial charge < -0.3 is 20.1 Å². The van der Waals surface area contributed by atoms with Crippen molar-refractivity contribution in [3.63, 3.8) is 0 Å². The van der Waals surface area contributed by atoms with Gasteiger partial charge in [0.05, 0.1) is 12.6 Å². The summed E-state index contributed by atoms with van der Waals surface area (Å²) in [5, 5.41) is 5.56. The molecule has 7 heteroatoms. The third-order valence-corrected chi connectivity index (χ3v) is 5.98. The number of hydrogen-bond acceptors (Lipinski definition) is 5. The Kier molecular flexibility index (Phi) is 8.83. The quantitative estimate of drug-likeness (QED) is 0.381. The van der Waals surface area contributed by atoms with E-state index in [9.17, 15) is 14.4 Å². The van der Waals surface area contributed by atoms with Crippen LogP contribution in [0, 0.1) is 0 Å². The predicted molar refractivity (Wildman–Crippen MR) is 135 cm³/mol. The fourth-order valence-corrected chi connectivity index (χ4v) is 3.91. The fraction of sp³-hybridized carbons (Fsp3) is 0.276. The van der Waals surface area contributed by atoms with Crippen LogP contribution in [0.15, 0.2) is 91.0 Å². The molecule has 4 rings (SSSR count). The number of ether oxygens (including phenoxy) is 2. The number of amides is 2. The van der Waals surface area contributed by atoms with Crippen LogP contribution < -0.4 is 10.6 Å². The van der Waals surface area contributed by atoms with E-state index in [0.717, 1.165) is 16.7 Å². The van der Waals surface area contributed by atoms with Crippen molar-refractivity contribution >= 4 is 17.8 Å². The molecule has 0 radical (unpaired) electrons. The molecule has 0 aromatic heterocycles. The number of epoxide rings is 1. The van der Waals surface area contributed by atoms with E-state index in [-0.39, 0.29) is 12.4 Å². The standard InChI is InChI=1S/C29H30N2O5/c32-27(26-20-35-26)25(18-22-12-6-2-7-13-22)30-28(33)24(17-16-21-10-4-1-5-11-21)31-29(34)36-19-23-14-8-3-9-15-23/h1-15,24-26H,16-20H2,(H,30,33)(H,31,34)/t24?,25?,26-/m1/s1. The van der Waals surface area contributed by atoms with E-state index in [0.29, 0.717) is 25.9 Å². The molecule has 3 atom stereocenters. The van der Waals surface area contributed by atoms with Crippen LogP contribution in [0.4, 0.5) is 4.79 Å². The van der Waals surface area contributed by atoms with E-state index in [1.807, 2.05) is 91.0 Å². The summed E-state index contributed by atoms with van der Waals surface area (Å²) in [7, 11) is 0. The number of hydrogen-bond donors (Lipinski definition) is 2. The van der Waals surface area contributed by atoms with Gasteiger partial charge >= 0.3 is 6.09 Å². The Morgan fingerprint density at radius 3 is 1.92 bits per heavy atom. The van der Waals surface area contributed by atoms with Crippen LogP contribution in [0.25, 0.3) is 0 Å². The number of carbonyl (C=O) groups is 3. The first-order chi connectivity index (χ1) is 17.6. The molecule has 7 nitrogen and oxygen atoms in total. The molecule has 0 spiro atoms. The Morgan fingerprint density at radius 1 is 0.778 bits per heavy atom. The predicted octanol–water partition coefficient (Wildman–Crippen LogP) is 3.61. The molecule has 3 aromatic carbocycles. The average molecular weight is 487 g/mol. The third-order valence-electron chi connectivity index (χ3n) is 5.98. The Labute approximate surface area is 210 Å². The number of carbonyl (C=O) groups excluding carboxylic acids is 3. The number of Topliss-reactive ketones (excluding diaryl/α,β-unsaturated/α-hetero) is 1. The summed E-state index contributed by atoms with van der Waals surface area (Å²) < 4.78 is 10.5. The third kappa shape index (κ3) is 7.78. The van der Waals surface area contributed by atoms with E-state index in [2.05, 4.69) is 10.6 Å². The van der Waals surface area contributed by atoms with E-state index >= 15 is 0 Å². The van der Waals surface area contributed by atoms with Gasteiger partial charge in [-0.1, -0.05) is 91.0 Å². The summed E-state index contributed by atoms with van der Waals surface area (Å²) >= 11 is 0. The molecular weight excluding hydrogens is 456 g/mol. The van der Waals surface area contributed by atoms with Crippen molar-refractivity contribution in [3.05, 3.63) is 108 Å². The van der Waals surface area contributed by atoms with Crippen LogP contribution >= 0.6 is 0 Å². The fourth-order valence-electron chi connectivity index (χ4n) is 3.91. The zero-order valence-corrected chi connectivity index (χ0v) is 20.0. The van der Waals surface area contributed by atoms with Crippen LogP contribution in [-0.2, 0) is 38.5 Å². The summed E-state index contributed by atoms with van der Waals surface area (Å²) in [5.41, 5.74) is 2.81. The molecule has 0 saturated carbocycles. The van der Waals surface area contributed by atoms with Gasteiger partial charge in [0.1, 0.15) is 18.8 Å². The normalized spacial score (nSPS) is 15.8. The summed E-state index contributed by atoms with van der Waals surface area (Å²) in [4.78, 5) is 38.8. The number of nitrogens with one attached hydrogen (secondary N) is 2. The van der Waals surface area contributed by atoms with Crippen molar-refractivity contribution in [1.82, 2.24) is 10.6 Å². The second-order valence-electron chi connectivity index (χ2n) is 8.76. The van der Waals surface area contributed by atoms with E-state index < -0.39 is 30.2 Å². The lowest BCUT2D eigenvalue weighted by molar-refractivity contribution is -0.129. The van der Waals surface area contributed by atoms with Gasteiger partial charge in [0, 0.05) is 0 Å². The number of aryl methyl sites for hydroxylation is 1. The minimum atomic E-state index is -0.875. The van der Waals surface area contributed by atoms with E-state index in [4.69, 9.17) is 9.47 Å². The van der Waals surface area contributed by atoms with Gasteiger partial charge in [-0.15, -0.1) is 0 Å². The van der Waals surface area contributed by atoms with Crippen molar-refractivity contribution in [2.24, 2.45) is 0 Å². The monoisotopic (exact) mass is 486 g/mol. The minimum Gasteiger partial charge on any atom is -0.445 e. The van der Waals surface area contributed by atoms with Gasteiger partial charge in [0.25, 0.3) is 0 Å². The topological polar surface area (TPSA) is 97.0 Å². The van der Waals surface area contributed by atoms with Gasteiger partial charge in [-0.05, 0) is 36.0 Å². The van der Waals surface area contributed by atoms with Crippen molar-refractivity contribution < 1.29 is 23.9 Å². The van der Waals surface area contributed by atoms with Crippen molar-refractivity contribution in [2.45, 2.75) is 44.1 Å². The highest BCUT2D eigenvalue weighted by molar-refractivity contribution is 5.95. The summed E-state index contributed by atoms with van der Waals surface area (Å²) in [5.74, 6) is -0.599. The van der Waals surface area contributed by atoms with Gasteiger partial charge in [-0.3, -0.25) is 9.59 Å². The molecule has 0 bridgehead atoms. The van der Waals surface area contributed by atoms with Crippen LogP contribution in [0.2, 0.25) is 0 Å². The minimum absolute atomic E-state index is 0.0911. The second kappa shape index (κ2) is 12.7. The van der Waals surface area contributed by atoms with Gasteiger partial charge in [0.15, 0.2) is 5.78 Å². The first kappa shape index (κ1) is 25.1. The molecule has 1 saturated heterocycles. The largest absolute Gasteiger partial charge is 0.445 e. The molecule has 1 heterocycles. The van der Waals surface area contributed by atoms with Crippen LogP contribution in [0.1, 0.15) is 23.1 Å². The zero-order chi connectivity index (χ0) is 25.2. The Morgan fingerprint density at radius 2 is 1.33 bits per heavy atom.